The zero-order valence-electron chi connectivity index (χ0n) is 11.1. The van der Waals surface area contributed by atoms with Crippen LogP contribution in [-0.2, 0) is 0 Å². The number of nitrogens with zero attached hydrogens (tertiary/aromatic N) is 1. The van der Waals surface area contributed by atoms with Crippen LogP contribution in [0.1, 0.15) is 10.4 Å². The van der Waals surface area contributed by atoms with Gasteiger partial charge >= 0.3 is 0 Å². The molecule has 1 amide bonds. The van der Waals surface area contributed by atoms with Crippen LogP contribution in [0.4, 0.5) is 5.69 Å². The van der Waals surface area contributed by atoms with Gasteiger partial charge < -0.3 is 5.32 Å². The fraction of sp³-hybridized carbons (Fsp3) is 0.0667. The minimum atomic E-state index is -0.136. The summed E-state index contributed by atoms with van der Waals surface area (Å²) in [5.74, 6) is -0.136. The maximum absolute atomic E-state index is 12.4. The van der Waals surface area contributed by atoms with Crippen molar-refractivity contribution in [3.05, 3.63) is 52.5 Å². The van der Waals surface area contributed by atoms with E-state index in [1.165, 1.54) is 11.3 Å². The van der Waals surface area contributed by atoms with E-state index in [0.717, 1.165) is 20.8 Å². The van der Waals surface area contributed by atoms with Gasteiger partial charge in [0.05, 0.1) is 20.9 Å². The number of fused-ring (bicyclic) bond motifs is 1. The highest BCUT2D eigenvalue weighted by Crippen LogP contribution is 2.32. The van der Waals surface area contributed by atoms with Crippen molar-refractivity contribution in [2.45, 2.75) is 4.90 Å². The van der Waals surface area contributed by atoms with Crippen molar-refractivity contribution < 1.29 is 4.79 Å². The van der Waals surface area contributed by atoms with Gasteiger partial charge in [0.15, 0.2) is 0 Å². The van der Waals surface area contributed by atoms with Crippen molar-refractivity contribution in [2.24, 2.45) is 0 Å². The van der Waals surface area contributed by atoms with Gasteiger partial charge in [0.25, 0.3) is 5.91 Å². The average Bonchev–Trinajstić information content (AvgIpc) is 3.01. The normalized spacial score (nSPS) is 10.8. The Bertz CT molecular complexity index is 816. The molecular weight excluding hydrogens is 324 g/mol. The first-order valence-corrected chi connectivity index (χ1v) is 8.64. The average molecular weight is 335 g/mol. The molecule has 0 aliphatic heterocycles. The molecule has 0 saturated heterocycles. The Kier molecular flexibility index (Phi) is 4.14. The van der Waals surface area contributed by atoms with Gasteiger partial charge in [0, 0.05) is 10.5 Å². The van der Waals surface area contributed by atoms with Crippen LogP contribution in [-0.4, -0.2) is 17.1 Å². The quantitative estimate of drug-likeness (QED) is 0.691. The summed E-state index contributed by atoms with van der Waals surface area (Å²) in [6.07, 6.45) is 1.98. The SMILES string of the molecule is CSc1cccc(C(=O)Nc2ccc(Cl)c3ncsc23)c1. The number of benzene rings is 2. The molecule has 1 aromatic heterocycles. The second kappa shape index (κ2) is 6.05. The molecule has 21 heavy (non-hydrogen) atoms. The summed E-state index contributed by atoms with van der Waals surface area (Å²) in [5, 5.41) is 3.52. The van der Waals surface area contributed by atoms with Crippen molar-refractivity contribution in [2.75, 3.05) is 11.6 Å². The first-order chi connectivity index (χ1) is 10.2. The minimum absolute atomic E-state index is 0.136. The van der Waals surface area contributed by atoms with Gasteiger partial charge in [-0.2, -0.15) is 0 Å². The lowest BCUT2D eigenvalue weighted by Gasteiger charge is -2.07. The molecule has 0 saturated carbocycles. The standard InChI is InChI=1S/C15H11ClN2OS2/c1-20-10-4-2-3-9(7-10)15(19)18-12-6-5-11(16)13-14(12)21-8-17-13/h2-8H,1H3,(H,18,19). The number of hydrogen-bond acceptors (Lipinski definition) is 4. The van der Waals surface area contributed by atoms with Crippen LogP contribution in [0.5, 0.6) is 0 Å². The molecule has 0 fully saturated rings. The third-order valence-corrected chi connectivity index (χ3v) is 4.90. The van der Waals surface area contributed by atoms with E-state index in [4.69, 9.17) is 11.6 Å². The Balaban J connectivity index is 1.93. The van der Waals surface area contributed by atoms with Gasteiger partial charge in [-0.1, -0.05) is 17.7 Å². The molecule has 2 aromatic carbocycles. The van der Waals surface area contributed by atoms with Crippen molar-refractivity contribution in [3.8, 4) is 0 Å². The summed E-state index contributed by atoms with van der Waals surface area (Å²) < 4.78 is 0.886. The number of rotatable bonds is 3. The van der Waals surface area contributed by atoms with Crippen LogP contribution in [0, 0.1) is 0 Å². The minimum Gasteiger partial charge on any atom is -0.321 e. The third-order valence-electron chi connectivity index (χ3n) is 3.01. The lowest BCUT2D eigenvalue weighted by Crippen LogP contribution is -2.11. The number of carbonyl (C=O) groups excluding carboxylic acids is 1. The van der Waals surface area contributed by atoms with E-state index in [-0.39, 0.29) is 5.91 Å². The largest absolute Gasteiger partial charge is 0.321 e. The van der Waals surface area contributed by atoms with Gasteiger partial charge in [0.2, 0.25) is 0 Å². The highest BCUT2D eigenvalue weighted by Gasteiger charge is 2.12. The number of halogens is 1. The Morgan fingerprint density at radius 2 is 2.19 bits per heavy atom. The second-order valence-corrected chi connectivity index (χ2v) is 6.45. The Morgan fingerprint density at radius 1 is 1.33 bits per heavy atom. The first-order valence-electron chi connectivity index (χ1n) is 6.16. The van der Waals surface area contributed by atoms with Crippen LogP contribution >= 0.6 is 34.7 Å². The molecule has 0 spiro atoms. The molecular formula is C15H11ClN2OS2. The summed E-state index contributed by atoms with van der Waals surface area (Å²) in [4.78, 5) is 17.6. The van der Waals surface area contributed by atoms with Crippen molar-refractivity contribution in [1.82, 2.24) is 4.98 Å². The lowest BCUT2D eigenvalue weighted by molar-refractivity contribution is 0.102. The van der Waals surface area contributed by atoms with Gasteiger partial charge in [-0.3, -0.25) is 4.79 Å². The smallest absolute Gasteiger partial charge is 0.255 e. The van der Waals surface area contributed by atoms with E-state index >= 15 is 0 Å². The van der Waals surface area contributed by atoms with Crippen molar-refractivity contribution in [1.29, 1.82) is 0 Å². The van der Waals surface area contributed by atoms with Crippen LogP contribution in [0.2, 0.25) is 5.02 Å². The predicted octanol–water partition coefficient (Wildman–Crippen LogP) is 4.92. The van der Waals surface area contributed by atoms with E-state index in [1.807, 2.05) is 24.5 Å². The number of carbonyl (C=O) groups is 1. The molecule has 0 bridgehead atoms. The Labute approximate surface area is 135 Å². The number of anilines is 1. The maximum atomic E-state index is 12.4. The van der Waals surface area contributed by atoms with E-state index < -0.39 is 0 Å². The van der Waals surface area contributed by atoms with Gasteiger partial charge in [-0.05, 0) is 36.6 Å². The summed E-state index contributed by atoms with van der Waals surface area (Å²) in [7, 11) is 0. The number of hydrogen-bond donors (Lipinski definition) is 1. The number of amides is 1. The van der Waals surface area contributed by atoms with E-state index in [2.05, 4.69) is 10.3 Å². The van der Waals surface area contributed by atoms with E-state index in [1.54, 1.807) is 35.5 Å². The van der Waals surface area contributed by atoms with E-state index in [9.17, 15) is 4.79 Å². The van der Waals surface area contributed by atoms with Gasteiger partial charge in [-0.25, -0.2) is 4.98 Å². The summed E-state index contributed by atoms with van der Waals surface area (Å²) >= 11 is 9.16. The number of thiazole rings is 1. The molecule has 0 aliphatic carbocycles. The highest BCUT2D eigenvalue weighted by molar-refractivity contribution is 7.98. The first kappa shape index (κ1) is 14.4. The summed E-state index contributed by atoms with van der Waals surface area (Å²) in [6.45, 7) is 0. The number of aromatic nitrogens is 1. The zero-order chi connectivity index (χ0) is 14.8. The number of thioether (sulfide) groups is 1. The summed E-state index contributed by atoms with van der Waals surface area (Å²) in [5.41, 5.74) is 3.81. The van der Waals surface area contributed by atoms with E-state index in [0.29, 0.717) is 10.6 Å². The zero-order valence-corrected chi connectivity index (χ0v) is 13.5. The fourth-order valence-electron chi connectivity index (χ4n) is 1.98. The Morgan fingerprint density at radius 3 is 3.00 bits per heavy atom. The molecule has 106 valence electrons. The highest BCUT2D eigenvalue weighted by atomic mass is 35.5. The van der Waals surface area contributed by atoms with Crippen LogP contribution in [0.25, 0.3) is 10.2 Å². The molecule has 0 atom stereocenters. The molecule has 0 aliphatic rings. The molecule has 3 aromatic rings. The van der Waals surface area contributed by atoms with Gasteiger partial charge in [-0.15, -0.1) is 23.1 Å². The molecule has 3 nitrogen and oxygen atoms in total. The molecule has 1 heterocycles. The van der Waals surface area contributed by atoms with Crippen LogP contribution in [0.3, 0.4) is 0 Å². The molecule has 6 heteroatoms. The molecule has 0 unspecified atom stereocenters. The number of nitrogens with one attached hydrogen (secondary N) is 1. The van der Waals surface area contributed by atoms with Crippen LogP contribution < -0.4 is 5.32 Å². The summed E-state index contributed by atoms with van der Waals surface area (Å²) in [6, 6.07) is 11.1. The van der Waals surface area contributed by atoms with Crippen LogP contribution in [0.15, 0.2) is 46.8 Å². The molecule has 3 rings (SSSR count). The third kappa shape index (κ3) is 2.90. The Hall–Kier alpha value is -1.56. The van der Waals surface area contributed by atoms with Gasteiger partial charge in [0.1, 0.15) is 5.52 Å². The van der Waals surface area contributed by atoms with Crippen molar-refractivity contribution >= 4 is 56.5 Å². The fourth-order valence-corrected chi connectivity index (χ4v) is 3.48. The molecule has 1 N–H and O–H groups in total. The van der Waals surface area contributed by atoms with Crippen molar-refractivity contribution in [3.63, 3.8) is 0 Å². The maximum Gasteiger partial charge on any atom is 0.255 e. The molecule has 0 radical (unpaired) electrons. The lowest BCUT2D eigenvalue weighted by atomic mass is 10.2. The monoisotopic (exact) mass is 334 g/mol. The topological polar surface area (TPSA) is 42.0 Å². The second-order valence-electron chi connectivity index (χ2n) is 4.31. The predicted molar refractivity (Wildman–Crippen MR) is 90.8 cm³/mol.